The highest BCUT2D eigenvalue weighted by Gasteiger charge is 2.16. The van der Waals surface area contributed by atoms with Crippen molar-refractivity contribution in [2.75, 3.05) is 0 Å². The van der Waals surface area contributed by atoms with Crippen molar-refractivity contribution in [2.45, 2.75) is 13.8 Å². The number of rotatable bonds is 2. The van der Waals surface area contributed by atoms with Gasteiger partial charge in [-0.05, 0) is 47.5 Å². The van der Waals surface area contributed by atoms with Crippen LogP contribution in [-0.2, 0) is 0 Å². The van der Waals surface area contributed by atoms with Crippen molar-refractivity contribution in [1.82, 2.24) is 9.97 Å². The minimum absolute atomic E-state index is 0.0564. The van der Waals surface area contributed by atoms with Gasteiger partial charge in [0.1, 0.15) is 0 Å². The summed E-state index contributed by atoms with van der Waals surface area (Å²) in [5.74, 6) is 0.0564. The molecule has 0 saturated carbocycles. The van der Waals surface area contributed by atoms with Crippen molar-refractivity contribution >= 4 is 21.7 Å². The molecule has 0 aromatic carbocycles. The fraction of sp³-hybridized carbons (Fsp3) is 0.167. The maximum Gasteiger partial charge on any atom is 0.162 e. The number of H-pyrrole nitrogens is 1. The molecular formula is C12H11BrN2O. The van der Waals surface area contributed by atoms with Gasteiger partial charge in [0, 0.05) is 18.0 Å². The maximum atomic E-state index is 11.5. The van der Waals surface area contributed by atoms with Gasteiger partial charge in [0.15, 0.2) is 5.78 Å². The van der Waals surface area contributed by atoms with Crippen molar-refractivity contribution in [3.05, 3.63) is 40.3 Å². The molecule has 4 heteroatoms. The van der Waals surface area contributed by atoms with Crippen LogP contribution in [0.25, 0.3) is 11.3 Å². The SMILES string of the molecule is CC(=O)c1c(Br)[nH]c(-c2ccncc2)c1C. The molecule has 2 heterocycles. The number of aromatic amines is 1. The third kappa shape index (κ3) is 1.80. The number of Topliss-reactive ketones (excluding diaryl/α,β-unsaturated/α-hetero) is 1. The van der Waals surface area contributed by atoms with E-state index < -0.39 is 0 Å². The second-order valence-electron chi connectivity index (χ2n) is 3.61. The zero-order valence-electron chi connectivity index (χ0n) is 9.04. The molecule has 0 atom stereocenters. The Bertz CT molecular complexity index is 531. The largest absolute Gasteiger partial charge is 0.348 e. The van der Waals surface area contributed by atoms with Crippen LogP contribution in [0, 0.1) is 6.92 Å². The highest BCUT2D eigenvalue weighted by molar-refractivity contribution is 9.10. The fourth-order valence-electron chi connectivity index (χ4n) is 1.78. The molecule has 0 fully saturated rings. The molecule has 1 N–H and O–H groups in total. The summed E-state index contributed by atoms with van der Waals surface area (Å²) in [6.07, 6.45) is 3.47. The Hall–Kier alpha value is -1.42. The first-order valence-corrected chi connectivity index (χ1v) is 5.70. The smallest absolute Gasteiger partial charge is 0.162 e. The summed E-state index contributed by atoms with van der Waals surface area (Å²) in [4.78, 5) is 18.6. The van der Waals surface area contributed by atoms with Gasteiger partial charge >= 0.3 is 0 Å². The van der Waals surface area contributed by atoms with E-state index in [1.165, 1.54) is 0 Å². The average Bonchev–Trinajstić information content (AvgIpc) is 2.55. The zero-order valence-corrected chi connectivity index (χ0v) is 10.6. The number of ketones is 1. The molecule has 0 saturated heterocycles. The monoisotopic (exact) mass is 278 g/mol. The molecule has 3 nitrogen and oxygen atoms in total. The number of hydrogen-bond acceptors (Lipinski definition) is 2. The molecular weight excluding hydrogens is 268 g/mol. The van der Waals surface area contributed by atoms with Crippen LogP contribution < -0.4 is 0 Å². The van der Waals surface area contributed by atoms with Gasteiger partial charge in [-0.2, -0.15) is 0 Å². The van der Waals surface area contributed by atoms with Gasteiger partial charge in [-0.3, -0.25) is 9.78 Å². The number of hydrogen-bond donors (Lipinski definition) is 1. The van der Waals surface area contributed by atoms with Gasteiger partial charge in [0.2, 0.25) is 0 Å². The van der Waals surface area contributed by atoms with Crippen molar-refractivity contribution in [2.24, 2.45) is 0 Å². The van der Waals surface area contributed by atoms with E-state index in [2.05, 4.69) is 25.9 Å². The third-order valence-electron chi connectivity index (χ3n) is 2.53. The summed E-state index contributed by atoms with van der Waals surface area (Å²) in [6.45, 7) is 3.50. The van der Waals surface area contributed by atoms with Gasteiger partial charge in [-0.1, -0.05) is 0 Å². The Morgan fingerprint density at radius 1 is 1.38 bits per heavy atom. The van der Waals surface area contributed by atoms with Crippen molar-refractivity contribution in [1.29, 1.82) is 0 Å². The van der Waals surface area contributed by atoms with E-state index >= 15 is 0 Å². The molecule has 0 aliphatic rings. The molecule has 16 heavy (non-hydrogen) atoms. The minimum atomic E-state index is 0.0564. The number of nitrogens with zero attached hydrogens (tertiary/aromatic N) is 1. The van der Waals surface area contributed by atoms with Gasteiger partial charge < -0.3 is 4.98 Å². The highest BCUT2D eigenvalue weighted by Crippen LogP contribution is 2.30. The maximum absolute atomic E-state index is 11.5. The summed E-state index contributed by atoms with van der Waals surface area (Å²) in [5, 5.41) is 0. The summed E-state index contributed by atoms with van der Waals surface area (Å²) in [7, 11) is 0. The van der Waals surface area contributed by atoms with Crippen LogP contribution in [0.4, 0.5) is 0 Å². The summed E-state index contributed by atoms with van der Waals surface area (Å²) >= 11 is 3.37. The summed E-state index contributed by atoms with van der Waals surface area (Å²) in [5.41, 5.74) is 3.66. The lowest BCUT2D eigenvalue weighted by atomic mass is 10.1. The topological polar surface area (TPSA) is 45.8 Å². The number of carbonyl (C=O) groups excluding carboxylic acids is 1. The molecule has 2 aromatic heterocycles. The number of carbonyl (C=O) groups is 1. The molecule has 0 amide bonds. The standard InChI is InChI=1S/C12H11BrN2O/c1-7-10(8(2)16)12(13)15-11(7)9-3-5-14-6-4-9/h3-6,15H,1-2H3. The van der Waals surface area contributed by atoms with E-state index in [0.717, 1.165) is 21.4 Å². The summed E-state index contributed by atoms with van der Waals surface area (Å²) in [6, 6.07) is 3.82. The Morgan fingerprint density at radius 3 is 2.50 bits per heavy atom. The Balaban J connectivity index is 2.61. The lowest BCUT2D eigenvalue weighted by molar-refractivity contribution is 0.101. The second kappa shape index (κ2) is 4.22. The predicted octanol–water partition coefficient (Wildman–Crippen LogP) is 3.35. The third-order valence-corrected chi connectivity index (χ3v) is 3.12. The first-order valence-electron chi connectivity index (χ1n) is 4.90. The van der Waals surface area contributed by atoms with Crippen LogP contribution in [0.3, 0.4) is 0 Å². The minimum Gasteiger partial charge on any atom is -0.348 e. The highest BCUT2D eigenvalue weighted by atomic mass is 79.9. The van der Waals surface area contributed by atoms with Crippen LogP contribution in [0.5, 0.6) is 0 Å². The van der Waals surface area contributed by atoms with Gasteiger partial charge in [-0.15, -0.1) is 0 Å². The average molecular weight is 279 g/mol. The van der Waals surface area contributed by atoms with E-state index in [0.29, 0.717) is 5.56 Å². The van der Waals surface area contributed by atoms with Crippen LogP contribution in [0.15, 0.2) is 29.1 Å². The second-order valence-corrected chi connectivity index (χ2v) is 4.40. The first-order chi connectivity index (χ1) is 7.61. The van der Waals surface area contributed by atoms with E-state index in [4.69, 9.17) is 0 Å². The first kappa shape index (κ1) is 11.1. The quantitative estimate of drug-likeness (QED) is 0.857. The van der Waals surface area contributed by atoms with E-state index in [9.17, 15) is 4.79 Å². The molecule has 0 radical (unpaired) electrons. The van der Waals surface area contributed by atoms with Crippen LogP contribution in [-0.4, -0.2) is 15.8 Å². The molecule has 2 aromatic rings. The van der Waals surface area contributed by atoms with Crippen molar-refractivity contribution in [3.63, 3.8) is 0 Å². The normalized spacial score (nSPS) is 10.4. The lowest BCUT2D eigenvalue weighted by Crippen LogP contribution is -1.93. The van der Waals surface area contributed by atoms with Crippen molar-refractivity contribution < 1.29 is 4.79 Å². The Morgan fingerprint density at radius 2 is 2.00 bits per heavy atom. The molecule has 0 bridgehead atoms. The molecule has 2 rings (SSSR count). The molecule has 0 unspecified atom stereocenters. The molecule has 0 spiro atoms. The number of halogens is 1. The van der Waals surface area contributed by atoms with Crippen LogP contribution in [0.1, 0.15) is 22.8 Å². The van der Waals surface area contributed by atoms with E-state index in [1.807, 2.05) is 19.1 Å². The van der Waals surface area contributed by atoms with Gasteiger partial charge in [0.25, 0.3) is 0 Å². The Labute approximate surface area is 102 Å². The number of pyridine rings is 1. The number of nitrogens with one attached hydrogen (secondary N) is 1. The van der Waals surface area contributed by atoms with Crippen LogP contribution >= 0.6 is 15.9 Å². The van der Waals surface area contributed by atoms with Gasteiger partial charge in [-0.25, -0.2) is 0 Å². The Kier molecular flexibility index (Phi) is 2.92. The zero-order chi connectivity index (χ0) is 11.7. The summed E-state index contributed by atoms with van der Waals surface area (Å²) < 4.78 is 0.740. The lowest BCUT2D eigenvalue weighted by Gasteiger charge is -1.99. The van der Waals surface area contributed by atoms with E-state index in [-0.39, 0.29) is 5.78 Å². The molecule has 0 aliphatic heterocycles. The predicted molar refractivity (Wildman–Crippen MR) is 66.5 cm³/mol. The van der Waals surface area contributed by atoms with Gasteiger partial charge in [0.05, 0.1) is 15.9 Å². The van der Waals surface area contributed by atoms with Crippen LogP contribution in [0.2, 0.25) is 0 Å². The van der Waals surface area contributed by atoms with Crippen molar-refractivity contribution in [3.8, 4) is 11.3 Å². The molecule has 82 valence electrons. The van der Waals surface area contributed by atoms with E-state index in [1.54, 1.807) is 19.3 Å². The fourth-order valence-corrected chi connectivity index (χ4v) is 2.56. The molecule has 0 aliphatic carbocycles. The number of aromatic nitrogens is 2.